The molecule has 2 amide bonds. The van der Waals surface area contributed by atoms with Gasteiger partial charge in [0.25, 0.3) is 0 Å². The summed E-state index contributed by atoms with van der Waals surface area (Å²) in [6.07, 6.45) is 7.12. The highest BCUT2D eigenvalue weighted by molar-refractivity contribution is 5.98. The molecule has 3 saturated heterocycles. The molecule has 0 aliphatic carbocycles. The molecule has 4 atom stereocenters. The zero-order valence-electron chi connectivity index (χ0n) is 14.8. The average molecular weight is 367 g/mol. The molecule has 27 heavy (non-hydrogen) atoms. The van der Waals surface area contributed by atoms with Crippen LogP contribution in [0.3, 0.4) is 0 Å². The third-order valence-corrected chi connectivity index (χ3v) is 6.03. The predicted octanol–water partition coefficient (Wildman–Crippen LogP) is 0.336. The highest BCUT2D eigenvalue weighted by atomic mass is 16.2. The molecule has 0 spiro atoms. The first-order chi connectivity index (χ1) is 13.2. The number of aromatic nitrogens is 4. The van der Waals surface area contributed by atoms with Crippen LogP contribution in [0.5, 0.6) is 0 Å². The lowest BCUT2D eigenvalue weighted by Gasteiger charge is -2.49. The number of carbonyl (C=O) groups is 2. The van der Waals surface area contributed by atoms with Crippen LogP contribution in [0.15, 0.2) is 30.9 Å². The van der Waals surface area contributed by atoms with Gasteiger partial charge in [-0.1, -0.05) is 0 Å². The van der Waals surface area contributed by atoms with Gasteiger partial charge < -0.3 is 10.2 Å². The van der Waals surface area contributed by atoms with Gasteiger partial charge in [-0.3, -0.25) is 19.5 Å². The molecule has 9 heteroatoms. The zero-order chi connectivity index (χ0) is 18.4. The Kier molecular flexibility index (Phi) is 3.89. The first-order valence-corrected chi connectivity index (χ1v) is 9.36. The fourth-order valence-corrected chi connectivity index (χ4v) is 4.70. The Hall–Kier alpha value is -2.81. The van der Waals surface area contributed by atoms with Crippen molar-refractivity contribution in [1.29, 1.82) is 0 Å². The second kappa shape index (κ2) is 6.41. The van der Waals surface area contributed by atoms with Crippen molar-refractivity contribution in [2.75, 3.05) is 22.9 Å². The van der Waals surface area contributed by atoms with E-state index in [0.29, 0.717) is 25.5 Å². The van der Waals surface area contributed by atoms with Gasteiger partial charge in [-0.2, -0.15) is 10.1 Å². The van der Waals surface area contributed by atoms with Crippen LogP contribution in [0.4, 0.5) is 11.6 Å². The van der Waals surface area contributed by atoms with Gasteiger partial charge in [0.2, 0.25) is 17.8 Å². The largest absolute Gasteiger partial charge is 0.312 e. The number of piperidine rings is 3. The number of pyridine rings is 1. The van der Waals surface area contributed by atoms with Gasteiger partial charge in [0.05, 0.1) is 11.8 Å². The van der Waals surface area contributed by atoms with E-state index >= 15 is 0 Å². The van der Waals surface area contributed by atoms with Crippen LogP contribution in [0.25, 0.3) is 0 Å². The van der Waals surface area contributed by atoms with Gasteiger partial charge in [0, 0.05) is 43.3 Å². The summed E-state index contributed by atoms with van der Waals surface area (Å²) in [5, 5.41) is 10.2. The zero-order valence-corrected chi connectivity index (χ0v) is 14.8. The van der Waals surface area contributed by atoms with Crippen LogP contribution < -0.4 is 15.1 Å². The summed E-state index contributed by atoms with van der Waals surface area (Å²) in [7, 11) is 0. The second-order valence-corrected chi connectivity index (χ2v) is 7.40. The van der Waals surface area contributed by atoms with Crippen LogP contribution in [-0.2, 0) is 9.59 Å². The van der Waals surface area contributed by atoms with Gasteiger partial charge in [-0.25, -0.2) is 5.10 Å². The molecule has 9 nitrogen and oxygen atoms in total. The molecule has 2 aromatic rings. The molecule has 2 aromatic heterocycles. The molecule has 5 rings (SSSR count). The smallest absolute Gasteiger partial charge is 0.234 e. The number of aromatic amines is 1. The molecule has 3 aliphatic rings. The van der Waals surface area contributed by atoms with Crippen LogP contribution in [0.1, 0.15) is 19.3 Å². The summed E-state index contributed by atoms with van der Waals surface area (Å²) in [5.41, 5.74) is 0.869. The third-order valence-electron chi connectivity index (χ3n) is 6.03. The maximum atomic E-state index is 13.2. The highest BCUT2D eigenvalue weighted by Crippen LogP contribution is 2.37. The van der Waals surface area contributed by atoms with E-state index in [4.69, 9.17) is 0 Å². The van der Waals surface area contributed by atoms with Crippen molar-refractivity contribution in [1.82, 2.24) is 25.5 Å². The number of amides is 2. The summed E-state index contributed by atoms with van der Waals surface area (Å²) < 4.78 is 0. The van der Waals surface area contributed by atoms with E-state index in [1.807, 2.05) is 17.0 Å². The normalized spacial score (nSPS) is 30.8. The highest BCUT2D eigenvalue weighted by Gasteiger charge is 2.49. The molecular formula is C18H21N7O2. The summed E-state index contributed by atoms with van der Waals surface area (Å²) in [6, 6.07) is 3.98. The number of nitrogens with zero attached hydrogens (tertiary/aromatic N) is 5. The Balaban J connectivity index is 1.37. The number of hydrogen-bond donors (Lipinski definition) is 2. The van der Waals surface area contributed by atoms with Gasteiger partial charge in [0.1, 0.15) is 6.33 Å². The van der Waals surface area contributed by atoms with E-state index < -0.39 is 0 Å². The van der Waals surface area contributed by atoms with Crippen LogP contribution in [-0.4, -0.2) is 57.2 Å². The lowest BCUT2D eigenvalue weighted by molar-refractivity contribution is -0.132. The summed E-state index contributed by atoms with van der Waals surface area (Å²) >= 11 is 0. The molecular weight excluding hydrogens is 346 g/mol. The maximum absolute atomic E-state index is 13.2. The molecule has 2 N–H and O–H groups in total. The average Bonchev–Trinajstić information content (AvgIpc) is 3.23. The number of hydrogen-bond acceptors (Lipinski definition) is 6. The topological polar surface area (TPSA) is 107 Å². The van der Waals surface area contributed by atoms with E-state index in [1.165, 1.54) is 6.33 Å². The van der Waals surface area contributed by atoms with E-state index in [2.05, 4.69) is 25.5 Å². The molecule has 4 unspecified atom stereocenters. The molecule has 3 aliphatic heterocycles. The monoisotopic (exact) mass is 367 g/mol. The summed E-state index contributed by atoms with van der Waals surface area (Å²) in [6.45, 7) is 1.29. The number of rotatable bonds is 2. The van der Waals surface area contributed by atoms with Gasteiger partial charge >= 0.3 is 0 Å². The Morgan fingerprint density at radius 1 is 0.963 bits per heavy atom. The minimum Gasteiger partial charge on any atom is -0.312 e. The van der Waals surface area contributed by atoms with Crippen LogP contribution in [0, 0.1) is 11.8 Å². The number of anilines is 2. The van der Waals surface area contributed by atoms with Crippen molar-refractivity contribution in [3.8, 4) is 0 Å². The lowest BCUT2D eigenvalue weighted by Crippen LogP contribution is -2.65. The van der Waals surface area contributed by atoms with Gasteiger partial charge in [-0.15, -0.1) is 0 Å². The minimum atomic E-state index is -0.216. The van der Waals surface area contributed by atoms with Crippen molar-refractivity contribution < 1.29 is 9.59 Å². The molecule has 3 fully saturated rings. The summed E-state index contributed by atoms with van der Waals surface area (Å²) in [5.74, 6) is 0.183. The number of carbonyl (C=O) groups excluding carboxylic acids is 2. The standard InChI is InChI=1S/C18H21N7O2/c26-16-12-9-13-15(4-8-25(17(13)27)18-20-10-21-23-18)22-14(12)3-7-24(16)11-1-5-19-6-2-11/h1-2,5-6,10,12-15,22H,3-4,7-9H2,(H,20,21,23). The van der Waals surface area contributed by atoms with Crippen LogP contribution in [0.2, 0.25) is 0 Å². The molecule has 0 radical (unpaired) electrons. The predicted molar refractivity (Wildman–Crippen MR) is 96.9 cm³/mol. The van der Waals surface area contributed by atoms with Crippen molar-refractivity contribution in [3.05, 3.63) is 30.9 Å². The molecule has 0 bridgehead atoms. The van der Waals surface area contributed by atoms with Gasteiger partial charge in [0.15, 0.2) is 0 Å². The van der Waals surface area contributed by atoms with Gasteiger partial charge in [-0.05, 0) is 31.4 Å². The Labute approximate surface area is 156 Å². The third kappa shape index (κ3) is 2.69. The van der Waals surface area contributed by atoms with Crippen LogP contribution >= 0.6 is 0 Å². The van der Waals surface area contributed by atoms with Crippen molar-refractivity contribution in [2.24, 2.45) is 11.8 Å². The lowest BCUT2D eigenvalue weighted by atomic mass is 9.73. The first-order valence-electron chi connectivity index (χ1n) is 9.36. The number of nitrogens with one attached hydrogen (secondary N) is 2. The van der Waals surface area contributed by atoms with Crippen molar-refractivity contribution in [2.45, 2.75) is 31.3 Å². The SMILES string of the molecule is O=C1C2CC3C(=O)N(c4ncn[nH]4)CCC3NC2CCN1c1ccncc1. The van der Waals surface area contributed by atoms with Crippen molar-refractivity contribution in [3.63, 3.8) is 0 Å². The minimum absolute atomic E-state index is 0.0165. The fourth-order valence-electron chi connectivity index (χ4n) is 4.70. The Morgan fingerprint density at radius 3 is 2.30 bits per heavy atom. The number of fused-ring (bicyclic) bond motifs is 2. The van der Waals surface area contributed by atoms with E-state index in [-0.39, 0.29) is 35.7 Å². The van der Waals surface area contributed by atoms with E-state index in [9.17, 15) is 9.59 Å². The molecule has 0 saturated carbocycles. The first kappa shape index (κ1) is 16.4. The second-order valence-electron chi connectivity index (χ2n) is 7.40. The van der Waals surface area contributed by atoms with E-state index in [0.717, 1.165) is 18.5 Å². The van der Waals surface area contributed by atoms with Crippen molar-refractivity contribution >= 4 is 23.5 Å². The quantitative estimate of drug-likeness (QED) is 0.792. The molecule has 140 valence electrons. The van der Waals surface area contributed by atoms with E-state index in [1.54, 1.807) is 17.3 Å². The summed E-state index contributed by atoms with van der Waals surface area (Å²) in [4.78, 5) is 37.8. The maximum Gasteiger partial charge on any atom is 0.234 e. The number of H-pyrrole nitrogens is 1. The fraction of sp³-hybridized carbons (Fsp3) is 0.500. The Bertz CT molecular complexity index is 841. The molecule has 0 aromatic carbocycles. The Morgan fingerprint density at radius 2 is 1.63 bits per heavy atom. The molecule has 5 heterocycles.